The molecule has 0 aliphatic carbocycles. The van der Waals surface area contributed by atoms with E-state index in [0.29, 0.717) is 26.6 Å². The summed E-state index contributed by atoms with van der Waals surface area (Å²) in [5.74, 6) is -0.851. The van der Waals surface area contributed by atoms with Crippen LogP contribution in [-0.4, -0.2) is 22.6 Å². The van der Waals surface area contributed by atoms with Crippen LogP contribution in [0.4, 0.5) is 11.4 Å². The fourth-order valence-electron chi connectivity index (χ4n) is 2.93. The van der Waals surface area contributed by atoms with Crippen molar-refractivity contribution in [2.45, 2.75) is 6.92 Å². The van der Waals surface area contributed by atoms with Gasteiger partial charge in [-0.25, -0.2) is 4.79 Å². The largest absolute Gasteiger partial charge is 0.465 e. The number of hydrogen-bond acceptors (Lipinski definition) is 6. The van der Waals surface area contributed by atoms with Gasteiger partial charge in [0.1, 0.15) is 5.56 Å². The lowest BCUT2D eigenvalue weighted by molar-refractivity contribution is -0.384. The van der Waals surface area contributed by atoms with Gasteiger partial charge in [-0.15, -0.1) is 0 Å². The van der Waals surface area contributed by atoms with Crippen LogP contribution in [0.25, 0.3) is 16.6 Å². The summed E-state index contributed by atoms with van der Waals surface area (Å²) in [5, 5.41) is 11.5. The summed E-state index contributed by atoms with van der Waals surface area (Å²) < 4.78 is 6.72. The number of nitro benzene ring substituents is 1. The fraction of sp³-hybridized carbons (Fsp3) is 0.111. The van der Waals surface area contributed by atoms with E-state index in [1.807, 2.05) is 0 Å². The van der Waals surface area contributed by atoms with Gasteiger partial charge in [0.15, 0.2) is 0 Å². The number of methoxy groups -OCH3 is 1. The lowest BCUT2D eigenvalue weighted by Crippen LogP contribution is -2.28. The van der Waals surface area contributed by atoms with E-state index < -0.39 is 16.5 Å². The molecule has 3 rings (SSSR count). The van der Waals surface area contributed by atoms with Crippen LogP contribution < -0.4 is 11.3 Å². The third-order valence-corrected chi connectivity index (χ3v) is 4.69. The van der Waals surface area contributed by atoms with E-state index in [-0.39, 0.29) is 16.9 Å². The molecule has 0 saturated heterocycles. The van der Waals surface area contributed by atoms with Crippen molar-refractivity contribution < 1.29 is 14.5 Å². The normalized spacial score (nSPS) is 10.8. The van der Waals surface area contributed by atoms with Gasteiger partial charge in [0, 0.05) is 22.0 Å². The Balaban J connectivity index is 2.48. The molecule has 3 aromatic rings. The molecular weight excluding hydrogens is 418 g/mol. The van der Waals surface area contributed by atoms with Gasteiger partial charge in [-0.2, -0.15) is 0 Å². The van der Waals surface area contributed by atoms with Gasteiger partial charge < -0.3 is 10.5 Å². The Morgan fingerprint density at radius 1 is 1.26 bits per heavy atom. The van der Waals surface area contributed by atoms with E-state index in [0.717, 1.165) is 7.11 Å². The molecule has 0 amide bonds. The lowest BCUT2D eigenvalue weighted by atomic mass is 10.1. The topological polar surface area (TPSA) is 117 Å². The van der Waals surface area contributed by atoms with Crippen molar-refractivity contribution in [1.29, 1.82) is 0 Å². The van der Waals surface area contributed by atoms with Gasteiger partial charge in [0.05, 0.1) is 28.9 Å². The zero-order chi connectivity index (χ0) is 19.9. The highest BCUT2D eigenvalue weighted by atomic mass is 79.9. The zero-order valence-electron chi connectivity index (χ0n) is 14.4. The molecule has 9 heteroatoms. The van der Waals surface area contributed by atoms with Gasteiger partial charge in [-0.05, 0) is 36.8 Å². The summed E-state index contributed by atoms with van der Waals surface area (Å²) >= 11 is 3.36. The number of fused-ring (bicyclic) bond motifs is 1. The Morgan fingerprint density at radius 2 is 1.96 bits per heavy atom. The molecule has 8 nitrogen and oxygen atoms in total. The van der Waals surface area contributed by atoms with Gasteiger partial charge in [0.2, 0.25) is 0 Å². The van der Waals surface area contributed by atoms with Crippen LogP contribution in [0.15, 0.2) is 45.7 Å². The number of benzene rings is 2. The zero-order valence-corrected chi connectivity index (χ0v) is 15.9. The average molecular weight is 432 g/mol. The Hall–Kier alpha value is -3.20. The van der Waals surface area contributed by atoms with Crippen LogP contribution in [0.3, 0.4) is 0 Å². The number of aromatic nitrogens is 1. The number of nitro groups is 1. The minimum atomic E-state index is -0.851. The minimum absolute atomic E-state index is 0.0187. The van der Waals surface area contributed by atoms with Gasteiger partial charge in [0.25, 0.3) is 11.2 Å². The summed E-state index contributed by atoms with van der Waals surface area (Å²) in [5.41, 5.74) is 6.40. The smallest absolute Gasteiger partial charge is 0.345 e. The quantitative estimate of drug-likeness (QED) is 0.385. The molecule has 2 aromatic carbocycles. The molecule has 0 bridgehead atoms. The molecule has 0 radical (unpaired) electrons. The highest BCUT2D eigenvalue weighted by Crippen LogP contribution is 2.29. The molecule has 27 heavy (non-hydrogen) atoms. The maximum atomic E-state index is 13.1. The Bertz CT molecular complexity index is 1170. The van der Waals surface area contributed by atoms with Crippen LogP contribution in [0.5, 0.6) is 0 Å². The Kier molecular flexibility index (Phi) is 4.71. The van der Waals surface area contributed by atoms with Gasteiger partial charge >= 0.3 is 5.97 Å². The molecule has 0 unspecified atom stereocenters. The van der Waals surface area contributed by atoms with Crippen LogP contribution in [-0.2, 0) is 4.74 Å². The molecule has 0 atom stereocenters. The number of carbonyl (C=O) groups is 1. The number of nitrogen functional groups attached to an aromatic ring is 1. The van der Waals surface area contributed by atoms with Gasteiger partial charge in [-0.1, -0.05) is 15.9 Å². The second-order valence-electron chi connectivity index (χ2n) is 5.81. The standard InChI is InChI=1S/C18H14BrN3O5/c1-9-7-11(22(25)26)4-6-13(9)21-14-8-10(19)3-5-12(14)16(20)15(17(21)23)18(24)27-2/h3-8H,20H2,1-2H3. The van der Waals surface area contributed by atoms with Crippen molar-refractivity contribution >= 4 is 44.2 Å². The number of non-ortho nitro benzene ring substituents is 1. The van der Waals surface area contributed by atoms with Crippen molar-refractivity contribution in [1.82, 2.24) is 4.57 Å². The van der Waals surface area contributed by atoms with Crippen LogP contribution in [0.1, 0.15) is 15.9 Å². The number of rotatable bonds is 3. The number of nitrogens with zero attached hydrogens (tertiary/aromatic N) is 2. The molecule has 0 saturated carbocycles. The predicted molar refractivity (Wildman–Crippen MR) is 104 cm³/mol. The van der Waals surface area contributed by atoms with E-state index in [2.05, 4.69) is 15.9 Å². The van der Waals surface area contributed by atoms with E-state index in [9.17, 15) is 19.7 Å². The first-order chi connectivity index (χ1) is 12.8. The Labute approximate surface area is 161 Å². The molecule has 0 aliphatic heterocycles. The molecule has 0 aliphatic rings. The SMILES string of the molecule is COC(=O)c1c(N)c2ccc(Br)cc2n(-c2ccc([N+](=O)[O-])cc2C)c1=O. The van der Waals surface area contributed by atoms with Crippen molar-refractivity contribution in [2.24, 2.45) is 0 Å². The molecule has 2 N–H and O–H groups in total. The maximum Gasteiger partial charge on any atom is 0.345 e. The highest BCUT2D eigenvalue weighted by molar-refractivity contribution is 9.10. The van der Waals surface area contributed by atoms with E-state index in [4.69, 9.17) is 10.5 Å². The number of carbonyl (C=O) groups excluding carboxylic acids is 1. The fourth-order valence-corrected chi connectivity index (χ4v) is 3.28. The third kappa shape index (κ3) is 3.06. The molecule has 138 valence electrons. The summed E-state index contributed by atoms with van der Waals surface area (Å²) in [6.07, 6.45) is 0. The van der Waals surface area contributed by atoms with E-state index in [1.54, 1.807) is 25.1 Å². The first kappa shape index (κ1) is 18.6. The van der Waals surface area contributed by atoms with Crippen LogP contribution >= 0.6 is 15.9 Å². The van der Waals surface area contributed by atoms with Crippen LogP contribution in [0.2, 0.25) is 0 Å². The number of esters is 1. The molecular formula is C18H14BrN3O5. The number of halogens is 1. The number of pyridine rings is 1. The third-order valence-electron chi connectivity index (χ3n) is 4.20. The van der Waals surface area contributed by atoms with Crippen molar-refractivity contribution in [2.75, 3.05) is 12.8 Å². The van der Waals surface area contributed by atoms with Gasteiger partial charge in [-0.3, -0.25) is 19.5 Å². The summed E-state index contributed by atoms with van der Waals surface area (Å²) in [6.45, 7) is 1.65. The predicted octanol–water partition coefficient (Wildman–Crippen LogP) is 3.34. The van der Waals surface area contributed by atoms with Crippen LogP contribution in [0, 0.1) is 17.0 Å². The summed E-state index contributed by atoms with van der Waals surface area (Å²) in [6, 6.07) is 9.23. The average Bonchev–Trinajstić information content (AvgIpc) is 2.62. The molecule has 0 spiro atoms. The molecule has 1 heterocycles. The second-order valence-corrected chi connectivity index (χ2v) is 6.73. The van der Waals surface area contributed by atoms with Crippen molar-refractivity contribution in [3.8, 4) is 5.69 Å². The first-order valence-electron chi connectivity index (χ1n) is 7.73. The summed E-state index contributed by atoms with van der Waals surface area (Å²) in [4.78, 5) is 35.8. The molecule has 0 fully saturated rings. The monoisotopic (exact) mass is 431 g/mol. The Morgan fingerprint density at radius 3 is 2.56 bits per heavy atom. The minimum Gasteiger partial charge on any atom is -0.465 e. The number of nitrogens with two attached hydrogens (primary N) is 1. The summed E-state index contributed by atoms with van der Waals surface area (Å²) in [7, 11) is 1.16. The number of anilines is 1. The molecule has 1 aromatic heterocycles. The lowest BCUT2D eigenvalue weighted by Gasteiger charge is -2.16. The van der Waals surface area contributed by atoms with E-state index >= 15 is 0 Å². The van der Waals surface area contributed by atoms with E-state index in [1.165, 1.54) is 22.8 Å². The number of aryl methyl sites for hydroxylation is 1. The first-order valence-corrected chi connectivity index (χ1v) is 8.53. The highest BCUT2D eigenvalue weighted by Gasteiger charge is 2.23. The number of hydrogen-bond donors (Lipinski definition) is 1. The second kappa shape index (κ2) is 6.84. The number of ether oxygens (including phenoxy) is 1. The van der Waals surface area contributed by atoms with Crippen molar-refractivity contribution in [3.05, 3.63) is 72.5 Å². The van der Waals surface area contributed by atoms with Crippen molar-refractivity contribution in [3.63, 3.8) is 0 Å². The maximum absolute atomic E-state index is 13.1.